The smallest absolute Gasteiger partial charge is 0.242 e. The molecule has 0 radical (unpaired) electrons. The van der Waals surface area contributed by atoms with Crippen molar-refractivity contribution in [3.8, 4) is 0 Å². The van der Waals surface area contributed by atoms with Crippen molar-refractivity contribution in [3.63, 3.8) is 0 Å². The van der Waals surface area contributed by atoms with E-state index < -0.39 is 5.82 Å². The van der Waals surface area contributed by atoms with Crippen molar-refractivity contribution in [1.29, 1.82) is 0 Å². The van der Waals surface area contributed by atoms with E-state index in [0.29, 0.717) is 23.3 Å². The molecule has 2 heterocycles. The molecule has 2 N–H and O–H groups in total. The number of nitrogens with zero attached hydrogens (tertiary/aromatic N) is 1. The van der Waals surface area contributed by atoms with Gasteiger partial charge < -0.3 is 10.6 Å². The number of hydrogen-bond acceptors (Lipinski definition) is 3. The maximum Gasteiger partial charge on any atom is 0.242 e. The van der Waals surface area contributed by atoms with Gasteiger partial charge in [0.05, 0.1) is 6.04 Å². The molecule has 1 saturated carbocycles. The molecule has 0 bridgehead atoms. The molecule has 3 rings (SSSR count). The van der Waals surface area contributed by atoms with Crippen LogP contribution in [0.3, 0.4) is 0 Å². The number of nitrogens with one attached hydrogen (secondary N) is 2. The minimum Gasteiger partial charge on any atom is -0.309 e. The lowest BCUT2D eigenvalue weighted by Gasteiger charge is -2.14. The number of piperidine rings is 1. The number of carbonyl (C=O) groups excluding carboxylic acids is 1. The Kier molecular flexibility index (Phi) is 2.86. The van der Waals surface area contributed by atoms with Crippen LogP contribution in [0.2, 0.25) is 0 Å². The summed E-state index contributed by atoms with van der Waals surface area (Å²) < 4.78 is 13.3. The molecule has 0 aromatic carbocycles. The number of aromatic nitrogens is 1. The molecule has 1 aliphatic heterocycles. The standard InChI is InChI=1S/C12H13BrFN3O/c1-5-2-7(14)10(13)16-11(5)17-12(18)9-4-6-3-8(6)15-9/h2,6,8-9,15H,3-4H2,1H3,(H,16,17,18). The number of fused-ring (bicyclic) bond motifs is 1. The summed E-state index contributed by atoms with van der Waals surface area (Å²) in [7, 11) is 0. The Morgan fingerprint density at radius 2 is 2.39 bits per heavy atom. The molecule has 3 unspecified atom stereocenters. The Balaban J connectivity index is 1.72. The molecule has 2 aliphatic rings. The highest BCUT2D eigenvalue weighted by molar-refractivity contribution is 9.10. The zero-order chi connectivity index (χ0) is 12.9. The van der Waals surface area contributed by atoms with Crippen molar-refractivity contribution < 1.29 is 9.18 Å². The molecule has 4 nitrogen and oxygen atoms in total. The molecule has 18 heavy (non-hydrogen) atoms. The van der Waals surface area contributed by atoms with Crippen LogP contribution < -0.4 is 10.6 Å². The third-order valence-electron chi connectivity index (χ3n) is 3.56. The molecule has 6 heteroatoms. The van der Waals surface area contributed by atoms with E-state index in [2.05, 4.69) is 31.5 Å². The van der Waals surface area contributed by atoms with Crippen molar-refractivity contribution in [3.05, 3.63) is 22.1 Å². The lowest BCUT2D eigenvalue weighted by Crippen LogP contribution is -2.38. The van der Waals surface area contributed by atoms with Gasteiger partial charge in [0.2, 0.25) is 5.91 Å². The van der Waals surface area contributed by atoms with Gasteiger partial charge in [-0.15, -0.1) is 0 Å². The molecular formula is C12H13BrFN3O. The van der Waals surface area contributed by atoms with Crippen LogP contribution in [-0.2, 0) is 4.79 Å². The molecule has 2 fully saturated rings. The second-order valence-electron chi connectivity index (χ2n) is 4.97. The predicted octanol–water partition coefficient (Wildman–Crippen LogP) is 1.98. The molecule has 1 saturated heterocycles. The van der Waals surface area contributed by atoms with Crippen LogP contribution in [0.4, 0.5) is 10.2 Å². The summed E-state index contributed by atoms with van der Waals surface area (Å²) in [5, 5.41) is 6.02. The Bertz CT molecular complexity index is 512. The SMILES string of the molecule is Cc1cc(F)c(Br)nc1NC(=O)C1CC2CC2N1. The van der Waals surface area contributed by atoms with Gasteiger partial charge in [-0.1, -0.05) is 0 Å². The third kappa shape index (κ3) is 2.14. The van der Waals surface area contributed by atoms with E-state index >= 15 is 0 Å². The summed E-state index contributed by atoms with van der Waals surface area (Å²) in [5.74, 6) is 0.562. The number of pyridine rings is 1. The number of anilines is 1. The summed E-state index contributed by atoms with van der Waals surface area (Å²) in [6.07, 6.45) is 2.07. The van der Waals surface area contributed by atoms with Gasteiger partial charge in [-0.3, -0.25) is 4.79 Å². The lowest BCUT2D eigenvalue weighted by atomic mass is 10.1. The number of amides is 1. The summed E-state index contributed by atoms with van der Waals surface area (Å²) in [5.41, 5.74) is 0.618. The van der Waals surface area contributed by atoms with Crippen LogP contribution in [0.15, 0.2) is 10.7 Å². The van der Waals surface area contributed by atoms with Crippen molar-refractivity contribution in [2.75, 3.05) is 5.32 Å². The van der Waals surface area contributed by atoms with Crippen molar-refractivity contribution in [2.45, 2.75) is 31.8 Å². The number of rotatable bonds is 2. The summed E-state index contributed by atoms with van der Waals surface area (Å²) in [6.45, 7) is 1.72. The van der Waals surface area contributed by atoms with Gasteiger partial charge >= 0.3 is 0 Å². The van der Waals surface area contributed by atoms with E-state index in [9.17, 15) is 9.18 Å². The Morgan fingerprint density at radius 3 is 3.06 bits per heavy atom. The maximum absolute atomic E-state index is 13.2. The van der Waals surface area contributed by atoms with Crippen LogP contribution in [0.5, 0.6) is 0 Å². The van der Waals surface area contributed by atoms with Crippen LogP contribution >= 0.6 is 15.9 Å². The lowest BCUT2D eigenvalue weighted by molar-refractivity contribution is -0.118. The van der Waals surface area contributed by atoms with Crippen LogP contribution in [0.1, 0.15) is 18.4 Å². The minimum absolute atomic E-state index is 0.0868. The van der Waals surface area contributed by atoms with E-state index in [-0.39, 0.29) is 16.6 Å². The number of halogens is 2. The molecular weight excluding hydrogens is 301 g/mol. The van der Waals surface area contributed by atoms with E-state index in [0.717, 1.165) is 6.42 Å². The summed E-state index contributed by atoms with van der Waals surface area (Å²) >= 11 is 3.02. The second kappa shape index (κ2) is 4.28. The first kappa shape index (κ1) is 12.0. The van der Waals surface area contributed by atoms with Crippen LogP contribution in [0.25, 0.3) is 0 Å². The monoisotopic (exact) mass is 313 g/mol. The Morgan fingerprint density at radius 1 is 1.61 bits per heavy atom. The predicted molar refractivity (Wildman–Crippen MR) is 68.7 cm³/mol. The van der Waals surface area contributed by atoms with E-state index in [1.165, 1.54) is 12.5 Å². The van der Waals surface area contributed by atoms with Crippen LogP contribution in [0, 0.1) is 18.7 Å². The highest BCUT2D eigenvalue weighted by atomic mass is 79.9. The van der Waals surface area contributed by atoms with Gasteiger partial charge in [0.15, 0.2) is 5.82 Å². The first-order valence-corrected chi connectivity index (χ1v) is 6.73. The fourth-order valence-corrected chi connectivity index (χ4v) is 2.70. The van der Waals surface area contributed by atoms with Crippen LogP contribution in [-0.4, -0.2) is 23.0 Å². The molecule has 96 valence electrons. The normalized spacial score (nSPS) is 28.9. The van der Waals surface area contributed by atoms with E-state index in [4.69, 9.17) is 0 Å². The molecule has 1 amide bonds. The van der Waals surface area contributed by atoms with Gasteiger partial charge in [0, 0.05) is 6.04 Å². The van der Waals surface area contributed by atoms with E-state index in [1.807, 2.05) is 0 Å². The largest absolute Gasteiger partial charge is 0.309 e. The average Bonchev–Trinajstić information content (AvgIpc) is 2.93. The average molecular weight is 314 g/mol. The Labute approximate surface area is 112 Å². The molecule has 1 aromatic rings. The fourth-order valence-electron chi connectivity index (χ4n) is 2.41. The molecule has 3 atom stereocenters. The Hall–Kier alpha value is -1.01. The molecule has 1 aliphatic carbocycles. The minimum atomic E-state index is -0.425. The number of carbonyl (C=O) groups is 1. The van der Waals surface area contributed by atoms with Crippen molar-refractivity contribution in [1.82, 2.24) is 10.3 Å². The van der Waals surface area contributed by atoms with Gasteiger partial charge in [-0.25, -0.2) is 9.37 Å². The van der Waals surface area contributed by atoms with Crippen molar-refractivity contribution >= 4 is 27.7 Å². The number of hydrogen-bond donors (Lipinski definition) is 2. The highest BCUT2D eigenvalue weighted by Gasteiger charge is 2.47. The van der Waals surface area contributed by atoms with Gasteiger partial charge in [-0.2, -0.15) is 0 Å². The van der Waals surface area contributed by atoms with Gasteiger partial charge in [0.1, 0.15) is 10.4 Å². The maximum atomic E-state index is 13.2. The summed E-state index contributed by atoms with van der Waals surface area (Å²) in [4.78, 5) is 16.0. The van der Waals surface area contributed by atoms with Gasteiger partial charge in [0.25, 0.3) is 0 Å². The highest BCUT2D eigenvalue weighted by Crippen LogP contribution is 2.40. The van der Waals surface area contributed by atoms with Gasteiger partial charge in [-0.05, 0) is 53.2 Å². The second-order valence-corrected chi connectivity index (χ2v) is 5.72. The quantitative estimate of drug-likeness (QED) is 0.821. The van der Waals surface area contributed by atoms with Crippen molar-refractivity contribution in [2.24, 2.45) is 5.92 Å². The molecule has 1 aromatic heterocycles. The fraction of sp³-hybridized carbons (Fsp3) is 0.500. The topological polar surface area (TPSA) is 54.0 Å². The molecule has 0 spiro atoms. The van der Waals surface area contributed by atoms with E-state index in [1.54, 1.807) is 6.92 Å². The summed E-state index contributed by atoms with van der Waals surface area (Å²) in [6, 6.07) is 1.74. The zero-order valence-electron chi connectivity index (χ0n) is 9.84. The first-order chi connectivity index (χ1) is 8.54. The first-order valence-electron chi connectivity index (χ1n) is 5.94. The number of aryl methyl sites for hydroxylation is 1. The zero-order valence-corrected chi connectivity index (χ0v) is 11.4. The third-order valence-corrected chi connectivity index (χ3v) is 4.11.